The van der Waals surface area contributed by atoms with Gasteiger partial charge in [-0.15, -0.1) is 17.0 Å². The molecule has 0 saturated heterocycles. The van der Waals surface area contributed by atoms with Crippen molar-refractivity contribution in [2.45, 2.75) is 18.4 Å². The van der Waals surface area contributed by atoms with Crippen LogP contribution in [0.1, 0.15) is 13.3 Å². The molecule has 0 heterocycles. The predicted molar refractivity (Wildman–Crippen MR) is 25.4 cm³/mol. The van der Waals surface area contributed by atoms with Crippen LogP contribution in [0.2, 0.25) is 5.02 Å². The summed E-state index contributed by atoms with van der Waals surface area (Å²) in [4.78, 5) is 0. The standard InChI is InChI=1S/C3H7.BrH.Zn/c1-3-2;;/h1,3H2,2H3;1H;. The summed E-state index contributed by atoms with van der Waals surface area (Å²) in [7, 11) is 0. The van der Waals surface area contributed by atoms with Gasteiger partial charge < -0.3 is 0 Å². The minimum absolute atomic E-state index is 0. The molecule has 0 aliphatic carbocycles. The Balaban J connectivity index is 0. The Morgan fingerprint density at radius 1 is 1.60 bits per heavy atom. The topological polar surface area (TPSA) is 0 Å². The Kier molecular flexibility index (Phi) is 16.8. The molecule has 0 radical (unpaired) electrons. The molecule has 0 unspecified atom stereocenters. The monoisotopic (exact) mass is 187 g/mol. The molecule has 2 heteroatoms. The first-order chi connectivity index (χ1) is 1.91. The Hall–Kier alpha value is 1.10. The van der Waals surface area contributed by atoms with Crippen LogP contribution >= 0.6 is 17.0 Å². The Morgan fingerprint density at radius 2 is 1.80 bits per heavy atom. The van der Waals surface area contributed by atoms with Crippen LogP contribution in [0.4, 0.5) is 0 Å². The summed E-state index contributed by atoms with van der Waals surface area (Å²) in [6.45, 7) is 2.21. The zero-order valence-electron chi connectivity index (χ0n) is 3.53. The third-order valence-corrected chi connectivity index (χ3v) is 1.84. The number of hydrogen-bond donors (Lipinski definition) is 0. The van der Waals surface area contributed by atoms with Crippen LogP contribution in [0, 0.1) is 0 Å². The molecule has 0 aromatic rings. The van der Waals surface area contributed by atoms with Crippen LogP contribution in [-0.4, -0.2) is 0 Å². The number of hydrogen-bond acceptors (Lipinski definition) is 0. The van der Waals surface area contributed by atoms with Crippen LogP contribution in [0.5, 0.6) is 0 Å². The molecule has 0 amide bonds. The molecule has 0 atom stereocenters. The van der Waals surface area contributed by atoms with E-state index in [4.69, 9.17) is 0 Å². The average Bonchev–Trinajstić information content (AvgIpc) is 1.37. The molecule has 0 aliphatic heterocycles. The maximum atomic E-state index is 2.21. The molecule has 0 rings (SSSR count). The van der Waals surface area contributed by atoms with Crippen LogP contribution < -0.4 is 0 Å². The third-order valence-electron chi connectivity index (χ3n) is 0.354. The van der Waals surface area contributed by atoms with Gasteiger partial charge >= 0.3 is 36.7 Å². The summed E-state index contributed by atoms with van der Waals surface area (Å²) < 4.78 is 0. The van der Waals surface area contributed by atoms with Crippen molar-refractivity contribution < 1.29 is 18.3 Å². The molecule has 0 aromatic carbocycles. The minimum atomic E-state index is 0. The molecular formula is C3H8BrZn. The molecule has 0 fully saturated rings. The number of halogens is 1. The molecule has 0 bridgehead atoms. The van der Waals surface area contributed by atoms with E-state index < -0.39 is 0 Å². The van der Waals surface area contributed by atoms with Crippen molar-refractivity contribution in [2.75, 3.05) is 0 Å². The van der Waals surface area contributed by atoms with Crippen molar-refractivity contribution in [1.29, 1.82) is 0 Å². The summed E-state index contributed by atoms with van der Waals surface area (Å²) in [5, 5.41) is 1.44. The van der Waals surface area contributed by atoms with Gasteiger partial charge in [-0.3, -0.25) is 0 Å². The van der Waals surface area contributed by atoms with Gasteiger partial charge in [-0.05, 0) is 0 Å². The van der Waals surface area contributed by atoms with E-state index in [-0.39, 0.29) is 17.0 Å². The van der Waals surface area contributed by atoms with Gasteiger partial charge in [0.1, 0.15) is 0 Å². The van der Waals surface area contributed by atoms with Gasteiger partial charge in [-0.25, -0.2) is 0 Å². The van der Waals surface area contributed by atoms with Crippen molar-refractivity contribution in [3.05, 3.63) is 0 Å². The van der Waals surface area contributed by atoms with E-state index in [1.54, 1.807) is 0 Å². The molecule has 0 nitrogen and oxygen atoms in total. The summed E-state index contributed by atoms with van der Waals surface area (Å²) in [5.41, 5.74) is 0. The molecule has 0 saturated carbocycles. The van der Waals surface area contributed by atoms with Crippen LogP contribution in [0.25, 0.3) is 0 Å². The first-order valence-electron chi connectivity index (χ1n) is 1.71. The molecule has 0 aromatic heterocycles. The van der Waals surface area contributed by atoms with Gasteiger partial charge in [0.2, 0.25) is 0 Å². The van der Waals surface area contributed by atoms with E-state index in [9.17, 15) is 0 Å². The van der Waals surface area contributed by atoms with E-state index >= 15 is 0 Å². The summed E-state index contributed by atoms with van der Waals surface area (Å²) in [5.74, 6) is 0. The first kappa shape index (κ1) is 9.44. The second-order valence-corrected chi connectivity index (χ2v) is 2.34. The molecule has 0 aliphatic rings. The fourth-order valence-corrected chi connectivity index (χ4v) is 0. The molecule has 29 valence electrons. The van der Waals surface area contributed by atoms with Gasteiger partial charge in [0.25, 0.3) is 0 Å². The van der Waals surface area contributed by atoms with Crippen LogP contribution in [-0.2, 0) is 18.3 Å². The maximum absolute atomic E-state index is 2.21. The fourth-order valence-electron chi connectivity index (χ4n) is 0. The quantitative estimate of drug-likeness (QED) is 0.553. The SMILES string of the molecule is Br.CC[CH2][Zn]. The van der Waals surface area contributed by atoms with Gasteiger partial charge in [0.15, 0.2) is 0 Å². The van der Waals surface area contributed by atoms with Crippen molar-refractivity contribution in [2.24, 2.45) is 0 Å². The Morgan fingerprint density at radius 3 is 1.80 bits per heavy atom. The summed E-state index contributed by atoms with van der Waals surface area (Å²) >= 11 is 1.47. The van der Waals surface area contributed by atoms with Crippen molar-refractivity contribution in [3.8, 4) is 0 Å². The molecule has 5 heavy (non-hydrogen) atoms. The van der Waals surface area contributed by atoms with E-state index in [1.807, 2.05) is 0 Å². The van der Waals surface area contributed by atoms with Gasteiger partial charge in [0, 0.05) is 0 Å². The normalized spacial score (nSPS) is 6.20. The molecule has 0 spiro atoms. The van der Waals surface area contributed by atoms with Gasteiger partial charge in [-0.1, -0.05) is 0 Å². The second kappa shape index (κ2) is 8.92. The number of rotatable bonds is 1. The summed E-state index contributed by atoms with van der Waals surface area (Å²) in [6.07, 6.45) is 1.38. The average molecular weight is 189 g/mol. The van der Waals surface area contributed by atoms with Gasteiger partial charge in [0.05, 0.1) is 0 Å². The van der Waals surface area contributed by atoms with E-state index in [1.165, 1.54) is 29.7 Å². The molecule has 0 N–H and O–H groups in total. The van der Waals surface area contributed by atoms with Crippen LogP contribution in [0.3, 0.4) is 0 Å². The Bertz CT molecular complexity index is 8.85. The summed E-state index contributed by atoms with van der Waals surface area (Å²) in [6, 6.07) is 0. The van der Waals surface area contributed by atoms with Crippen molar-refractivity contribution in [3.63, 3.8) is 0 Å². The first-order valence-corrected chi connectivity index (χ1v) is 3.81. The van der Waals surface area contributed by atoms with Crippen LogP contribution in [0.15, 0.2) is 0 Å². The van der Waals surface area contributed by atoms with E-state index in [2.05, 4.69) is 6.92 Å². The zero-order chi connectivity index (χ0) is 3.41. The zero-order valence-corrected chi connectivity index (χ0v) is 8.21. The predicted octanol–water partition coefficient (Wildman–Crippen LogP) is 1.94. The molecular weight excluding hydrogens is 181 g/mol. The van der Waals surface area contributed by atoms with Crippen molar-refractivity contribution >= 4 is 17.0 Å². The van der Waals surface area contributed by atoms with E-state index in [0.717, 1.165) is 0 Å². The van der Waals surface area contributed by atoms with E-state index in [0.29, 0.717) is 0 Å². The Labute approximate surface area is 53.8 Å². The van der Waals surface area contributed by atoms with Crippen molar-refractivity contribution in [1.82, 2.24) is 0 Å². The second-order valence-electron chi connectivity index (χ2n) is 0.854. The fraction of sp³-hybridized carbons (Fsp3) is 1.00. The third kappa shape index (κ3) is 11.1. The van der Waals surface area contributed by atoms with Gasteiger partial charge in [-0.2, -0.15) is 0 Å².